The fourth-order valence-electron chi connectivity index (χ4n) is 2.34. The maximum absolute atomic E-state index is 11.9. The van der Waals surface area contributed by atoms with Crippen LogP contribution in [-0.2, 0) is 4.79 Å². The van der Waals surface area contributed by atoms with Crippen molar-refractivity contribution in [2.45, 2.75) is 45.1 Å². The SMILES string of the molecule is CC(NC(=O)CCCCCCN)c1nc2ccccc2[nH]1.Cl.Cl. The predicted octanol–water partition coefficient (Wildman–Crippen LogP) is 3.49. The summed E-state index contributed by atoms with van der Waals surface area (Å²) in [5.41, 5.74) is 7.37. The lowest BCUT2D eigenvalue weighted by Crippen LogP contribution is -2.27. The molecule has 2 aromatic rings. The van der Waals surface area contributed by atoms with Gasteiger partial charge in [-0.25, -0.2) is 4.98 Å². The van der Waals surface area contributed by atoms with E-state index in [9.17, 15) is 4.79 Å². The number of benzene rings is 1. The van der Waals surface area contributed by atoms with E-state index in [-0.39, 0.29) is 36.8 Å². The number of fused-ring (bicyclic) bond motifs is 1. The van der Waals surface area contributed by atoms with Crippen LogP contribution in [0.2, 0.25) is 0 Å². The van der Waals surface area contributed by atoms with Gasteiger partial charge in [-0.3, -0.25) is 4.79 Å². The van der Waals surface area contributed by atoms with Gasteiger partial charge in [0, 0.05) is 6.42 Å². The molecular formula is C16H26Cl2N4O. The van der Waals surface area contributed by atoms with E-state index in [1.54, 1.807) is 0 Å². The fraction of sp³-hybridized carbons (Fsp3) is 0.500. The molecule has 130 valence electrons. The van der Waals surface area contributed by atoms with Crippen LogP contribution in [-0.4, -0.2) is 22.4 Å². The van der Waals surface area contributed by atoms with Gasteiger partial charge in [0.25, 0.3) is 0 Å². The molecule has 1 atom stereocenters. The summed E-state index contributed by atoms with van der Waals surface area (Å²) < 4.78 is 0. The number of hydrogen-bond donors (Lipinski definition) is 3. The van der Waals surface area contributed by atoms with Crippen LogP contribution in [0.4, 0.5) is 0 Å². The van der Waals surface area contributed by atoms with Crippen LogP contribution >= 0.6 is 24.8 Å². The molecule has 1 aromatic carbocycles. The first-order chi connectivity index (χ1) is 10.2. The van der Waals surface area contributed by atoms with Crippen molar-refractivity contribution in [1.82, 2.24) is 15.3 Å². The standard InChI is InChI=1S/C16H24N4O.2ClH/c1-12(18-15(21)10-4-2-3-7-11-17)16-19-13-8-5-6-9-14(13)20-16;;/h5-6,8-9,12H,2-4,7,10-11,17H2,1H3,(H,18,21)(H,19,20);2*1H. The third-order valence-electron chi connectivity index (χ3n) is 3.55. The Morgan fingerprint density at radius 1 is 1.22 bits per heavy atom. The average Bonchev–Trinajstić information content (AvgIpc) is 2.91. The summed E-state index contributed by atoms with van der Waals surface area (Å²) in [6, 6.07) is 7.76. The molecule has 0 fully saturated rings. The minimum absolute atomic E-state index is 0. The van der Waals surface area contributed by atoms with Crippen molar-refractivity contribution >= 4 is 41.8 Å². The lowest BCUT2D eigenvalue weighted by Gasteiger charge is -2.11. The average molecular weight is 361 g/mol. The Kier molecular flexibility index (Phi) is 10.6. The number of nitrogens with one attached hydrogen (secondary N) is 2. The summed E-state index contributed by atoms with van der Waals surface area (Å²) in [4.78, 5) is 19.6. The van der Waals surface area contributed by atoms with Crippen molar-refractivity contribution in [1.29, 1.82) is 0 Å². The van der Waals surface area contributed by atoms with E-state index in [0.717, 1.165) is 49.1 Å². The molecule has 4 N–H and O–H groups in total. The van der Waals surface area contributed by atoms with Crippen LogP contribution in [0.25, 0.3) is 11.0 Å². The molecule has 0 aliphatic heterocycles. The van der Waals surface area contributed by atoms with Gasteiger partial charge in [-0.1, -0.05) is 25.0 Å². The first-order valence-corrected chi connectivity index (χ1v) is 7.65. The van der Waals surface area contributed by atoms with Crippen LogP contribution in [0.15, 0.2) is 24.3 Å². The number of hydrogen-bond acceptors (Lipinski definition) is 3. The molecule has 1 amide bonds. The zero-order valence-electron chi connectivity index (χ0n) is 13.4. The molecular weight excluding hydrogens is 335 g/mol. The molecule has 0 radical (unpaired) electrons. The number of imidazole rings is 1. The largest absolute Gasteiger partial charge is 0.346 e. The van der Waals surface area contributed by atoms with E-state index in [0.29, 0.717) is 6.42 Å². The van der Waals surface area contributed by atoms with Gasteiger partial charge < -0.3 is 16.0 Å². The van der Waals surface area contributed by atoms with Crippen LogP contribution in [0.1, 0.15) is 50.9 Å². The van der Waals surface area contributed by atoms with E-state index in [2.05, 4.69) is 15.3 Å². The quantitative estimate of drug-likeness (QED) is 0.629. The highest BCUT2D eigenvalue weighted by Gasteiger charge is 2.13. The molecule has 0 aliphatic rings. The number of nitrogens with two attached hydrogens (primary N) is 1. The monoisotopic (exact) mass is 360 g/mol. The molecule has 1 aromatic heterocycles. The van der Waals surface area contributed by atoms with Crippen molar-refractivity contribution in [2.75, 3.05) is 6.54 Å². The highest BCUT2D eigenvalue weighted by molar-refractivity contribution is 5.85. The number of carbonyl (C=O) groups excluding carboxylic acids is 1. The second-order valence-corrected chi connectivity index (χ2v) is 5.38. The molecule has 7 heteroatoms. The Morgan fingerprint density at radius 2 is 1.91 bits per heavy atom. The zero-order valence-corrected chi connectivity index (χ0v) is 15.0. The smallest absolute Gasteiger partial charge is 0.220 e. The zero-order chi connectivity index (χ0) is 15.1. The van der Waals surface area contributed by atoms with Gasteiger partial charge >= 0.3 is 0 Å². The number of para-hydroxylation sites is 2. The van der Waals surface area contributed by atoms with E-state index >= 15 is 0 Å². The summed E-state index contributed by atoms with van der Waals surface area (Å²) in [5, 5.41) is 2.99. The number of aromatic amines is 1. The molecule has 0 spiro atoms. The van der Waals surface area contributed by atoms with Crippen LogP contribution in [0, 0.1) is 0 Å². The number of nitrogens with zero attached hydrogens (tertiary/aromatic N) is 1. The maximum atomic E-state index is 11.9. The number of carbonyl (C=O) groups is 1. The van der Waals surface area contributed by atoms with E-state index < -0.39 is 0 Å². The minimum atomic E-state index is -0.103. The number of amides is 1. The predicted molar refractivity (Wildman–Crippen MR) is 99.3 cm³/mol. The summed E-state index contributed by atoms with van der Waals surface area (Å²) >= 11 is 0. The van der Waals surface area contributed by atoms with Crippen LogP contribution in [0.5, 0.6) is 0 Å². The fourth-order valence-corrected chi connectivity index (χ4v) is 2.34. The topological polar surface area (TPSA) is 83.8 Å². The number of H-pyrrole nitrogens is 1. The van der Waals surface area contributed by atoms with Gasteiger partial charge in [-0.05, 0) is 38.4 Å². The van der Waals surface area contributed by atoms with E-state index in [1.165, 1.54) is 0 Å². The van der Waals surface area contributed by atoms with Gasteiger partial charge in [-0.15, -0.1) is 24.8 Å². The van der Waals surface area contributed by atoms with Gasteiger partial charge in [-0.2, -0.15) is 0 Å². The van der Waals surface area contributed by atoms with Crippen molar-refractivity contribution in [2.24, 2.45) is 5.73 Å². The third kappa shape index (κ3) is 6.77. The highest BCUT2D eigenvalue weighted by atomic mass is 35.5. The Morgan fingerprint density at radius 3 is 2.61 bits per heavy atom. The summed E-state index contributed by atoms with van der Waals surface area (Å²) in [6.07, 6.45) is 4.68. The number of aromatic nitrogens is 2. The molecule has 5 nitrogen and oxygen atoms in total. The molecule has 0 saturated carbocycles. The van der Waals surface area contributed by atoms with Crippen LogP contribution in [0.3, 0.4) is 0 Å². The Balaban J connectivity index is 0.00000242. The van der Waals surface area contributed by atoms with Crippen LogP contribution < -0.4 is 11.1 Å². The first kappa shape index (κ1) is 21.7. The van der Waals surface area contributed by atoms with Crippen molar-refractivity contribution < 1.29 is 4.79 Å². The number of rotatable bonds is 8. The third-order valence-corrected chi connectivity index (χ3v) is 3.55. The summed E-state index contributed by atoms with van der Waals surface area (Å²) in [6.45, 7) is 2.68. The Bertz CT molecular complexity index is 555. The maximum Gasteiger partial charge on any atom is 0.220 e. The second kappa shape index (κ2) is 11.3. The van der Waals surface area contributed by atoms with Gasteiger partial charge in [0.1, 0.15) is 5.82 Å². The van der Waals surface area contributed by atoms with Gasteiger partial charge in [0.15, 0.2) is 0 Å². The first-order valence-electron chi connectivity index (χ1n) is 7.65. The van der Waals surface area contributed by atoms with E-state index in [4.69, 9.17) is 5.73 Å². The van der Waals surface area contributed by atoms with Crippen molar-refractivity contribution in [3.05, 3.63) is 30.1 Å². The second-order valence-electron chi connectivity index (χ2n) is 5.38. The van der Waals surface area contributed by atoms with E-state index in [1.807, 2.05) is 31.2 Å². The number of unbranched alkanes of at least 4 members (excludes halogenated alkanes) is 3. The Hall–Kier alpha value is -1.30. The molecule has 0 aliphatic carbocycles. The lowest BCUT2D eigenvalue weighted by molar-refractivity contribution is -0.121. The summed E-state index contributed by atoms with van der Waals surface area (Å²) in [7, 11) is 0. The molecule has 0 saturated heterocycles. The highest BCUT2D eigenvalue weighted by Crippen LogP contribution is 2.15. The lowest BCUT2D eigenvalue weighted by atomic mass is 10.1. The molecule has 1 unspecified atom stereocenters. The molecule has 0 bridgehead atoms. The summed E-state index contributed by atoms with van der Waals surface area (Å²) in [5.74, 6) is 0.878. The molecule has 1 heterocycles. The Labute approximate surface area is 149 Å². The number of halogens is 2. The molecule has 2 rings (SSSR count). The normalized spacial score (nSPS) is 11.4. The molecule has 23 heavy (non-hydrogen) atoms. The van der Waals surface area contributed by atoms with Crippen molar-refractivity contribution in [3.8, 4) is 0 Å². The van der Waals surface area contributed by atoms with Crippen molar-refractivity contribution in [3.63, 3.8) is 0 Å². The minimum Gasteiger partial charge on any atom is -0.346 e. The van der Waals surface area contributed by atoms with Gasteiger partial charge in [0.05, 0.1) is 17.1 Å². The van der Waals surface area contributed by atoms with Gasteiger partial charge in [0.2, 0.25) is 5.91 Å².